The van der Waals surface area contributed by atoms with E-state index in [0.717, 1.165) is 11.3 Å². The van der Waals surface area contributed by atoms with Gasteiger partial charge in [-0.3, -0.25) is 0 Å². The van der Waals surface area contributed by atoms with E-state index in [9.17, 15) is 17.4 Å². The molecule has 0 spiro atoms. The highest BCUT2D eigenvalue weighted by atomic mass is 35.5. The van der Waals surface area contributed by atoms with Crippen LogP contribution >= 0.6 is 22.9 Å². The van der Waals surface area contributed by atoms with Crippen molar-refractivity contribution in [1.82, 2.24) is 4.98 Å². The Morgan fingerprint density at radius 3 is 2.54 bits per heavy atom. The normalized spacial score (nSPS) is 14.3. The van der Waals surface area contributed by atoms with Crippen molar-refractivity contribution < 1.29 is 17.4 Å². The molecule has 0 aliphatic rings. The topological polar surface area (TPSA) is 70.1 Å². The van der Waals surface area contributed by atoms with Gasteiger partial charge in [0.2, 0.25) is 19.1 Å². The molecule has 9 heteroatoms. The first-order valence-corrected chi connectivity index (χ1v) is 11.4. The first kappa shape index (κ1) is 20.9. The van der Waals surface area contributed by atoms with Gasteiger partial charge in [0.05, 0.1) is 4.90 Å². The molecule has 0 bridgehead atoms. The zero-order chi connectivity index (χ0) is 19.5. The Balaban J connectivity index is 2.62. The quantitative estimate of drug-likeness (QED) is 0.486. The molecule has 1 aromatic heterocycles. The Morgan fingerprint density at radius 2 is 2.00 bits per heavy atom. The average Bonchev–Trinajstić information content (AvgIpc) is 3.05. The van der Waals surface area contributed by atoms with E-state index < -0.39 is 26.8 Å². The van der Waals surface area contributed by atoms with Gasteiger partial charge in [-0.2, -0.15) is 0 Å². The summed E-state index contributed by atoms with van der Waals surface area (Å²) in [6.45, 7) is 4.94. The molecule has 1 aromatic carbocycles. The maximum atomic E-state index is 14.1. The summed E-state index contributed by atoms with van der Waals surface area (Å²) < 4.78 is 52.0. The lowest BCUT2D eigenvalue weighted by molar-refractivity contribution is 0.584. The maximum Gasteiger partial charge on any atom is 0.246 e. The van der Waals surface area contributed by atoms with Crippen molar-refractivity contribution in [3.63, 3.8) is 0 Å². The maximum absolute atomic E-state index is 14.1. The first-order chi connectivity index (χ1) is 12.2. The SMILES string of the molecule is C=C/C=C\C(F)=C(/C)c1nc(S(=O)(=O)c2ccc(Cl)cc2)c([S+](C)[O-])s1. The highest BCUT2D eigenvalue weighted by Gasteiger charge is 2.32. The molecule has 26 heavy (non-hydrogen) atoms. The standard InChI is InChI=1S/C17H15ClFNO3S3/c1-4-5-6-14(19)11(2)15-20-16(17(24-15)25(3)21)26(22,23)13-9-7-12(18)8-10-13/h4-10H,1H2,2-3H3/b6-5-,14-11-. The molecule has 0 aliphatic carbocycles. The average molecular weight is 432 g/mol. The third kappa shape index (κ3) is 4.44. The second-order valence-electron chi connectivity index (χ2n) is 5.09. The number of rotatable bonds is 6. The van der Waals surface area contributed by atoms with Crippen LogP contribution in [0.15, 0.2) is 69.0 Å². The molecule has 0 N–H and O–H groups in total. The van der Waals surface area contributed by atoms with E-state index in [4.69, 9.17) is 11.6 Å². The van der Waals surface area contributed by atoms with Crippen LogP contribution in [0.3, 0.4) is 0 Å². The fraction of sp³-hybridized carbons (Fsp3) is 0.118. The molecular weight excluding hydrogens is 417 g/mol. The van der Waals surface area contributed by atoms with Crippen molar-refractivity contribution in [2.24, 2.45) is 0 Å². The summed E-state index contributed by atoms with van der Waals surface area (Å²) in [5, 5.41) is 0.200. The lowest BCUT2D eigenvalue weighted by Gasteiger charge is -2.05. The molecule has 0 radical (unpaired) electrons. The van der Waals surface area contributed by atoms with Gasteiger partial charge in [-0.05, 0) is 48.4 Å². The van der Waals surface area contributed by atoms with Crippen LogP contribution in [-0.4, -0.2) is 24.2 Å². The van der Waals surface area contributed by atoms with Crippen molar-refractivity contribution >= 4 is 49.5 Å². The highest BCUT2D eigenvalue weighted by Crippen LogP contribution is 2.35. The van der Waals surface area contributed by atoms with Gasteiger partial charge >= 0.3 is 0 Å². The molecule has 0 amide bonds. The number of aromatic nitrogens is 1. The van der Waals surface area contributed by atoms with E-state index in [1.54, 1.807) is 0 Å². The minimum absolute atomic E-state index is 0.0286. The third-order valence-electron chi connectivity index (χ3n) is 3.26. The monoisotopic (exact) mass is 431 g/mol. The molecule has 138 valence electrons. The van der Waals surface area contributed by atoms with Crippen molar-refractivity contribution in [3.05, 3.63) is 64.9 Å². The Morgan fingerprint density at radius 1 is 1.38 bits per heavy atom. The van der Waals surface area contributed by atoms with Crippen molar-refractivity contribution in [2.45, 2.75) is 21.1 Å². The van der Waals surface area contributed by atoms with Gasteiger partial charge < -0.3 is 4.55 Å². The van der Waals surface area contributed by atoms with Crippen LogP contribution in [0.5, 0.6) is 0 Å². The summed E-state index contributed by atoms with van der Waals surface area (Å²) in [4.78, 5) is 4.05. The fourth-order valence-electron chi connectivity index (χ4n) is 1.91. The van der Waals surface area contributed by atoms with Gasteiger partial charge in [0.1, 0.15) is 17.1 Å². The minimum Gasteiger partial charge on any atom is -0.611 e. The van der Waals surface area contributed by atoms with Gasteiger partial charge in [-0.1, -0.05) is 41.7 Å². The molecule has 0 aliphatic heterocycles. The first-order valence-electron chi connectivity index (χ1n) is 7.19. The third-order valence-corrected chi connectivity index (χ3v) is 8.11. The van der Waals surface area contributed by atoms with E-state index >= 15 is 0 Å². The lowest BCUT2D eigenvalue weighted by atomic mass is 10.2. The van der Waals surface area contributed by atoms with Gasteiger partial charge in [0.15, 0.2) is 0 Å². The van der Waals surface area contributed by atoms with Crippen molar-refractivity contribution in [2.75, 3.05) is 6.26 Å². The number of nitrogens with zero attached hydrogens (tertiary/aromatic N) is 1. The number of hydrogen-bond acceptors (Lipinski definition) is 5. The van der Waals surface area contributed by atoms with E-state index in [1.165, 1.54) is 55.7 Å². The highest BCUT2D eigenvalue weighted by molar-refractivity contribution is 7.95. The fourth-order valence-corrected chi connectivity index (χ4v) is 6.07. The smallest absolute Gasteiger partial charge is 0.246 e. The number of benzene rings is 1. The molecule has 0 saturated heterocycles. The van der Waals surface area contributed by atoms with Gasteiger partial charge in [0, 0.05) is 10.6 Å². The van der Waals surface area contributed by atoms with Crippen LogP contribution in [-0.2, 0) is 21.0 Å². The number of sulfone groups is 1. The number of thiazole rings is 1. The lowest BCUT2D eigenvalue weighted by Crippen LogP contribution is -2.08. The van der Waals surface area contributed by atoms with Crippen molar-refractivity contribution in [3.8, 4) is 0 Å². The van der Waals surface area contributed by atoms with E-state index in [2.05, 4.69) is 11.6 Å². The van der Waals surface area contributed by atoms with Crippen molar-refractivity contribution in [1.29, 1.82) is 0 Å². The van der Waals surface area contributed by atoms with Crippen LogP contribution in [0.25, 0.3) is 5.57 Å². The molecule has 0 saturated carbocycles. The van der Waals surface area contributed by atoms with E-state index in [1.807, 2.05) is 0 Å². The summed E-state index contributed by atoms with van der Waals surface area (Å²) in [6, 6.07) is 5.56. The second kappa shape index (κ2) is 8.49. The number of allylic oxidation sites excluding steroid dienone is 5. The summed E-state index contributed by atoms with van der Waals surface area (Å²) in [6.07, 6.45) is 5.37. The predicted molar refractivity (Wildman–Crippen MR) is 104 cm³/mol. The zero-order valence-electron chi connectivity index (χ0n) is 13.9. The molecule has 1 heterocycles. The molecule has 2 aromatic rings. The minimum atomic E-state index is -4.02. The Bertz CT molecular complexity index is 977. The summed E-state index contributed by atoms with van der Waals surface area (Å²) in [5.74, 6) is -0.581. The largest absolute Gasteiger partial charge is 0.611 e. The number of halogens is 2. The Labute approximate surface area is 163 Å². The second-order valence-corrected chi connectivity index (χ2v) is 9.97. The van der Waals surface area contributed by atoms with Crippen LogP contribution in [0.4, 0.5) is 4.39 Å². The molecule has 1 unspecified atom stereocenters. The molecular formula is C17H15ClFNO3S3. The molecule has 1 atom stereocenters. The summed E-state index contributed by atoms with van der Waals surface area (Å²) >= 11 is 5.07. The van der Waals surface area contributed by atoms with Crippen LogP contribution in [0.1, 0.15) is 11.9 Å². The molecule has 2 rings (SSSR count). The van der Waals surface area contributed by atoms with E-state index in [0.29, 0.717) is 5.02 Å². The predicted octanol–water partition coefficient (Wildman–Crippen LogP) is 4.81. The van der Waals surface area contributed by atoms with Gasteiger partial charge in [0.25, 0.3) is 0 Å². The van der Waals surface area contributed by atoms with E-state index in [-0.39, 0.29) is 24.7 Å². The Hall–Kier alpha value is -1.45. The van der Waals surface area contributed by atoms with Crippen LogP contribution in [0.2, 0.25) is 5.02 Å². The zero-order valence-corrected chi connectivity index (χ0v) is 17.1. The molecule has 4 nitrogen and oxygen atoms in total. The van der Waals surface area contributed by atoms with Crippen LogP contribution < -0.4 is 0 Å². The van der Waals surface area contributed by atoms with Gasteiger partial charge in [-0.15, -0.1) is 0 Å². The summed E-state index contributed by atoms with van der Waals surface area (Å²) in [7, 11) is -4.02. The summed E-state index contributed by atoms with van der Waals surface area (Å²) in [5.41, 5.74) is 0.150. The van der Waals surface area contributed by atoms with Gasteiger partial charge in [-0.25, -0.2) is 17.8 Å². The number of hydrogen-bond donors (Lipinski definition) is 0. The molecule has 0 fully saturated rings. The van der Waals surface area contributed by atoms with Crippen LogP contribution in [0, 0.1) is 0 Å². The Kier molecular flexibility index (Phi) is 6.81.